The number of aromatic carboxylic acids is 1. The first kappa shape index (κ1) is 23.7. The summed E-state index contributed by atoms with van der Waals surface area (Å²) in [6.07, 6.45) is 0.771. The summed E-state index contributed by atoms with van der Waals surface area (Å²) in [4.78, 5) is 25.3. The topological polar surface area (TPSA) is 106 Å². The number of carboxylic acids is 1. The van der Waals surface area contributed by atoms with Crippen LogP contribution in [0.25, 0.3) is 11.3 Å². The van der Waals surface area contributed by atoms with E-state index in [1.165, 1.54) is 24.1 Å². The molecule has 2 aliphatic rings. The standard InChI is InChI=1S/C23H20N2O6S.Na.H/c1-31-20-21(26)25-19-17(13-32(29,30)22(20)25)12-24(18(19)15-5-3-2-4-6-15)11-14-7-9-16(10-8-14)23(27)28;;/h2-10,12,20,22H,11,13H2,1H3,(H,27,28);;/q;+1;-1. The second-order valence-corrected chi connectivity index (χ2v) is 10.0. The molecule has 166 valence electrons. The van der Waals surface area contributed by atoms with E-state index in [0.29, 0.717) is 17.8 Å². The molecule has 0 saturated carbocycles. The van der Waals surface area contributed by atoms with Gasteiger partial charge in [-0.1, -0.05) is 42.5 Å². The van der Waals surface area contributed by atoms with E-state index in [1.807, 2.05) is 34.9 Å². The largest absolute Gasteiger partial charge is 1.00 e. The molecule has 3 heterocycles. The van der Waals surface area contributed by atoms with Gasteiger partial charge in [0.15, 0.2) is 21.3 Å². The molecule has 1 amide bonds. The molecule has 0 aliphatic carbocycles. The zero-order valence-corrected chi connectivity index (χ0v) is 21.0. The van der Waals surface area contributed by atoms with Crippen LogP contribution in [0.2, 0.25) is 0 Å². The maximum atomic E-state index is 12.9. The molecule has 2 atom stereocenters. The Bertz CT molecular complexity index is 1340. The average Bonchev–Trinajstić information content (AvgIpc) is 3.09. The Hall–Kier alpha value is -2.43. The van der Waals surface area contributed by atoms with Crippen molar-refractivity contribution < 1.29 is 58.8 Å². The van der Waals surface area contributed by atoms with Crippen molar-refractivity contribution in [2.24, 2.45) is 0 Å². The number of sulfone groups is 1. The van der Waals surface area contributed by atoms with Crippen molar-refractivity contribution in [2.45, 2.75) is 23.8 Å². The molecule has 33 heavy (non-hydrogen) atoms. The van der Waals surface area contributed by atoms with Crippen LogP contribution in [-0.2, 0) is 31.7 Å². The predicted molar refractivity (Wildman–Crippen MR) is 118 cm³/mol. The van der Waals surface area contributed by atoms with Crippen molar-refractivity contribution >= 4 is 27.4 Å². The van der Waals surface area contributed by atoms with E-state index in [0.717, 1.165) is 16.8 Å². The fourth-order valence-corrected chi connectivity index (χ4v) is 6.44. The minimum absolute atomic E-state index is 0. The minimum Gasteiger partial charge on any atom is -1.00 e. The summed E-state index contributed by atoms with van der Waals surface area (Å²) in [6, 6.07) is 16.0. The molecule has 0 spiro atoms. The zero-order chi connectivity index (χ0) is 22.6. The van der Waals surface area contributed by atoms with Gasteiger partial charge in [0.25, 0.3) is 5.91 Å². The number of benzene rings is 2. The summed E-state index contributed by atoms with van der Waals surface area (Å²) >= 11 is 0. The molecular weight excluding hydrogens is 455 g/mol. The zero-order valence-electron chi connectivity index (χ0n) is 19.1. The molecule has 5 rings (SSSR count). The van der Waals surface area contributed by atoms with Crippen LogP contribution < -0.4 is 34.5 Å². The smallest absolute Gasteiger partial charge is 1.00 e. The second kappa shape index (κ2) is 8.73. The monoisotopic (exact) mass is 476 g/mol. The number of hydrogen-bond donors (Lipinski definition) is 1. The van der Waals surface area contributed by atoms with Gasteiger partial charge in [-0.05, 0) is 17.7 Å². The van der Waals surface area contributed by atoms with Crippen LogP contribution in [0.3, 0.4) is 0 Å². The van der Waals surface area contributed by atoms with Gasteiger partial charge < -0.3 is 15.8 Å². The van der Waals surface area contributed by atoms with Gasteiger partial charge in [-0.2, -0.15) is 0 Å². The van der Waals surface area contributed by atoms with Gasteiger partial charge in [-0.3, -0.25) is 9.69 Å². The number of β-lactam (4-membered cyclic amide) rings is 1. The number of carboxylic acid groups (broad SMARTS) is 1. The molecule has 0 bridgehead atoms. The number of fused-ring (bicyclic) bond motifs is 3. The van der Waals surface area contributed by atoms with Crippen LogP contribution in [0, 0.1) is 0 Å². The molecule has 1 fully saturated rings. The summed E-state index contributed by atoms with van der Waals surface area (Å²) < 4.78 is 32.9. The summed E-state index contributed by atoms with van der Waals surface area (Å²) in [5.41, 5.74) is 3.79. The van der Waals surface area contributed by atoms with E-state index in [2.05, 4.69) is 0 Å². The molecule has 3 aromatic rings. The predicted octanol–water partition coefficient (Wildman–Crippen LogP) is -0.366. The van der Waals surface area contributed by atoms with Gasteiger partial charge in [0.2, 0.25) is 0 Å². The van der Waals surface area contributed by atoms with Gasteiger partial charge in [-0.15, -0.1) is 0 Å². The van der Waals surface area contributed by atoms with Crippen LogP contribution in [0.1, 0.15) is 22.9 Å². The molecule has 0 radical (unpaired) electrons. The molecule has 1 saturated heterocycles. The first-order valence-electron chi connectivity index (χ1n) is 9.99. The Kier molecular flexibility index (Phi) is 6.28. The van der Waals surface area contributed by atoms with Gasteiger partial charge in [0.1, 0.15) is 0 Å². The van der Waals surface area contributed by atoms with Gasteiger partial charge in [0.05, 0.1) is 22.7 Å². The first-order chi connectivity index (χ1) is 15.3. The molecule has 2 aliphatic heterocycles. The Morgan fingerprint density at radius 1 is 1.15 bits per heavy atom. The SMILES string of the molecule is COC1C(=O)N2c3c(cn(Cc4ccc(C(=O)O)cc4)c3-c3ccccc3)CS(=O)(=O)C12.[H-].[Na+]. The molecule has 8 nitrogen and oxygen atoms in total. The second-order valence-electron chi connectivity index (χ2n) is 7.91. The normalized spacial score (nSPS) is 20.3. The van der Waals surface area contributed by atoms with Crippen molar-refractivity contribution in [3.8, 4) is 11.3 Å². The van der Waals surface area contributed by atoms with E-state index in [4.69, 9.17) is 9.84 Å². The third-order valence-corrected chi connectivity index (χ3v) is 7.85. The number of ether oxygens (including phenoxy) is 1. The summed E-state index contributed by atoms with van der Waals surface area (Å²) in [5.74, 6) is -1.55. The number of hydrogen-bond acceptors (Lipinski definition) is 5. The third-order valence-electron chi connectivity index (χ3n) is 5.94. The molecule has 1 aromatic heterocycles. The fraction of sp³-hybridized carbons (Fsp3) is 0.217. The van der Waals surface area contributed by atoms with Crippen molar-refractivity contribution in [1.82, 2.24) is 4.57 Å². The Labute approximate surface area is 214 Å². The molecule has 2 unspecified atom stereocenters. The van der Waals surface area contributed by atoms with Crippen LogP contribution in [0.5, 0.6) is 0 Å². The number of carbonyl (C=O) groups is 2. The van der Waals surface area contributed by atoms with Crippen LogP contribution in [0.4, 0.5) is 5.69 Å². The number of carbonyl (C=O) groups excluding carboxylic acids is 1. The number of nitrogens with zero attached hydrogens (tertiary/aromatic N) is 2. The maximum absolute atomic E-state index is 12.9. The number of anilines is 1. The fourth-order valence-electron chi connectivity index (χ4n) is 4.49. The molecule has 1 N–H and O–H groups in total. The average molecular weight is 476 g/mol. The molecule has 2 aromatic carbocycles. The summed E-state index contributed by atoms with van der Waals surface area (Å²) in [5, 5.41) is 8.11. The van der Waals surface area contributed by atoms with E-state index in [-0.39, 0.29) is 48.2 Å². The minimum atomic E-state index is -3.60. The van der Waals surface area contributed by atoms with Crippen LogP contribution in [0.15, 0.2) is 60.8 Å². The van der Waals surface area contributed by atoms with Gasteiger partial charge >= 0.3 is 35.5 Å². The van der Waals surface area contributed by atoms with Crippen molar-refractivity contribution in [3.05, 3.63) is 77.5 Å². The molecular formula is C23H21N2NaO6S. The Balaban J connectivity index is 0.00000162. The number of amides is 1. The number of aromatic nitrogens is 1. The van der Waals surface area contributed by atoms with E-state index in [9.17, 15) is 18.0 Å². The quantitative estimate of drug-likeness (QED) is 0.398. The van der Waals surface area contributed by atoms with Crippen LogP contribution in [-0.4, -0.2) is 48.6 Å². The molecule has 10 heteroatoms. The van der Waals surface area contributed by atoms with Crippen LogP contribution >= 0.6 is 0 Å². The Morgan fingerprint density at radius 2 is 1.82 bits per heavy atom. The van der Waals surface area contributed by atoms with Crippen molar-refractivity contribution in [3.63, 3.8) is 0 Å². The number of rotatable bonds is 5. The van der Waals surface area contributed by atoms with E-state index in [1.54, 1.807) is 18.3 Å². The van der Waals surface area contributed by atoms with E-state index >= 15 is 0 Å². The number of methoxy groups -OCH3 is 1. The van der Waals surface area contributed by atoms with Gasteiger partial charge in [-0.25, -0.2) is 13.2 Å². The summed E-state index contributed by atoms with van der Waals surface area (Å²) in [7, 11) is -2.26. The van der Waals surface area contributed by atoms with Crippen molar-refractivity contribution in [2.75, 3.05) is 12.0 Å². The third kappa shape index (κ3) is 3.83. The maximum Gasteiger partial charge on any atom is 1.00 e. The van der Waals surface area contributed by atoms with E-state index < -0.39 is 27.3 Å². The van der Waals surface area contributed by atoms with Crippen molar-refractivity contribution in [1.29, 1.82) is 0 Å². The van der Waals surface area contributed by atoms with Gasteiger partial charge in [0, 0.05) is 31.0 Å². The summed E-state index contributed by atoms with van der Waals surface area (Å²) in [6.45, 7) is 0.386. The first-order valence-corrected chi connectivity index (χ1v) is 11.7. The Morgan fingerprint density at radius 3 is 2.42 bits per heavy atom.